The lowest BCUT2D eigenvalue weighted by Gasteiger charge is -2.28. The monoisotopic (exact) mass is 319 g/mol. The SMILES string of the molecule is Cc1nc2n(c1C)CCN(Cc1cc(Cl)c3c(c1)OCO3)C2. The number of nitrogens with zero attached hydrogens (tertiary/aromatic N) is 3. The molecule has 0 N–H and O–H groups in total. The molecule has 4 rings (SSSR count). The number of benzene rings is 1. The molecule has 1 aromatic carbocycles. The number of rotatable bonds is 2. The van der Waals surface area contributed by atoms with E-state index in [-0.39, 0.29) is 6.79 Å². The summed E-state index contributed by atoms with van der Waals surface area (Å²) in [7, 11) is 0. The topological polar surface area (TPSA) is 39.5 Å². The molecular formula is C16H18ClN3O2. The molecule has 0 fully saturated rings. The molecule has 0 bridgehead atoms. The van der Waals surface area contributed by atoms with E-state index in [9.17, 15) is 0 Å². The lowest BCUT2D eigenvalue weighted by atomic mass is 10.1. The highest BCUT2D eigenvalue weighted by atomic mass is 35.5. The number of hydrogen-bond donors (Lipinski definition) is 0. The number of aryl methyl sites for hydroxylation is 1. The van der Waals surface area contributed by atoms with Crippen LogP contribution in [0.3, 0.4) is 0 Å². The van der Waals surface area contributed by atoms with Gasteiger partial charge in [-0.05, 0) is 31.5 Å². The van der Waals surface area contributed by atoms with Crippen LogP contribution < -0.4 is 9.47 Å². The van der Waals surface area contributed by atoms with Crippen molar-refractivity contribution >= 4 is 11.6 Å². The summed E-state index contributed by atoms with van der Waals surface area (Å²) in [5.41, 5.74) is 3.55. The van der Waals surface area contributed by atoms with Gasteiger partial charge in [-0.2, -0.15) is 0 Å². The molecule has 0 saturated heterocycles. The van der Waals surface area contributed by atoms with Crippen LogP contribution >= 0.6 is 11.6 Å². The van der Waals surface area contributed by atoms with Crippen LogP contribution in [0, 0.1) is 13.8 Å². The molecule has 2 aliphatic heterocycles. The maximum atomic E-state index is 6.26. The molecule has 0 aliphatic carbocycles. The van der Waals surface area contributed by atoms with Gasteiger partial charge in [-0.3, -0.25) is 4.90 Å². The smallest absolute Gasteiger partial charge is 0.231 e. The third kappa shape index (κ3) is 2.25. The molecule has 2 aliphatic rings. The van der Waals surface area contributed by atoms with Gasteiger partial charge in [0.1, 0.15) is 5.82 Å². The Hall–Kier alpha value is -1.72. The first kappa shape index (κ1) is 13.9. The first-order valence-corrected chi connectivity index (χ1v) is 7.82. The van der Waals surface area contributed by atoms with E-state index in [0.717, 1.165) is 49.0 Å². The van der Waals surface area contributed by atoms with Crippen molar-refractivity contribution in [2.75, 3.05) is 13.3 Å². The lowest BCUT2D eigenvalue weighted by molar-refractivity contribution is 0.174. The van der Waals surface area contributed by atoms with Gasteiger partial charge in [0.2, 0.25) is 6.79 Å². The second-order valence-electron chi connectivity index (χ2n) is 5.87. The Bertz CT molecular complexity index is 741. The Morgan fingerprint density at radius 2 is 2.09 bits per heavy atom. The van der Waals surface area contributed by atoms with E-state index in [2.05, 4.69) is 28.3 Å². The van der Waals surface area contributed by atoms with Crippen molar-refractivity contribution in [2.24, 2.45) is 0 Å². The molecule has 0 spiro atoms. The van der Waals surface area contributed by atoms with E-state index in [1.165, 1.54) is 5.69 Å². The predicted octanol–water partition coefficient (Wildman–Crippen LogP) is 2.90. The van der Waals surface area contributed by atoms with Gasteiger partial charge < -0.3 is 14.0 Å². The Labute approximate surface area is 134 Å². The largest absolute Gasteiger partial charge is 0.454 e. The molecule has 1 aromatic heterocycles. The highest BCUT2D eigenvalue weighted by Crippen LogP contribution is 2.40. The first-order chi connectivity index (χ1) is 10.6. The van der Waals surface area contributed by atoms with E-state index >= 15 is 0 Å². The summed E-state index contributed by atoms with van der Waals surface area (Å²) in [6, 6.07) is 3.98. The highest BCUT2D eigenvalue weighted by Gasteiger charge is 2.22. The minimum atomic E-state index is 0.248. The molecule has 116 valence electrons. The van der Waals surface area contributed by atoms with Crippen LogP contribution in [0.2, 0.25) is 5.02 Å². The second-order valence-corrected chi connectivity index (χ2v) is 6.28. The minimum absolute atomic E-state index is 0.248. The van der Waals surface area contributed by atoms with Gasteiger partial charge in [-0.25, -0.2) is 4.98 Å². The van der Waals surface area contributed by atoms with Crippen molar-refractivity contribution in [1.29, 1.82) is 0 Å². The fourth-order valence-electron chi connectivity index (χ4n) is 3.17. The molecule has 3 heterocycles. The van der Waals surface area contributed by atoms with Crippen molar-refractivity contribution in [2.45, 2.75) is 33.5 Å². The molecule has 5 nitrogen and oxygen atoms in total. The van der Waals surface area contributed by atoms with E-state index in [0.29, 0.717) is 10.8 Å². The van der Waals surface area contributed by atoms with Gasteiger partial charge in [0, 0.05) is 25.3 Å². The number of hydrogen-bond acceptors (Lipinski definition) is 4. The van der Waals surface area contributed by atoms with Gasteiger partial charge in [-0.1, -0.05) is 11.6 Å². The van der Waals surface area contributed by atoms with Crippen LogP contribution in [0.15, 0.2) is 12.1 Å². The Morgan fingerprint density at radius 1 is 1.23 bits per heavy atom. The lowest BCUT2D eigenvalue weighted by Crippen LogP contribution is -2.33. The average Bonchev–Trinajstić information content (AvgIpc) is 3.05. The zero-order valence-electron chi connectivity index (χ0n) is 12.7. The third-order valence-electron chi connectivity index (χ3n) is 4.43. The predicted molar refractivity (Wildman–Crippen MR) is 83.4 cm³/mol. The van der Waals surface area contributed by atoms with Gasteiger partial charge >= 0.3 is 0 Å². The molecule has 0 radical (unpaired) electrons. The van der Waals surface area contributed by atoms with Crippen molar-refractivity contribution < 1.29 is 9.47 Å². The van der Waals surface area contributed by atoms with Crippen LogP contribution in [0.1, 0.15) is 22.8 Å². The van der Waals surface area contributed by atoms with Crippen LogP contribution in [-0.4, -0.2) is 27.8 Å². The Morgan fingerprint density at radius 3 is 2.95 bits per heavy atom. The Kier molecular flexibility index (Phi) is 3.27. The van der Waals surface area contributed by atoms with Crippen LogP contribution in [-0.2, 0) is 19.6 Å². The molecule has 0 amide bonds. The average molecular weight is 320 g/mol. The first-order valence-electron chi connectivity index (χ1n) is 7.45. The minimum Gasteiger partial charge on any atom is -0.454 e. The van der Waals surface area contributed by atoms with Gasteiger partial charge in [0.25, 0.3) is 0 Å². The number of ether oxygens (including phenoxy) is 2. The van der Waals surface area contributed by atoms with Gasteiger partial charge in [-0.15, -0.1) is 0 Å². The Balaban J connectivity index is 1.54. The summed E-state index contributed by atoms with van der Waals surface area (Å²) in [6.07, 6.45) is 0. The molecule has 0 saturated carbocycles. The molecule has 6 heteroatoms. The molecule has 22 heavy (non-hydrogen) atoms. The van der Waals surface area contributed by atoms with Crippen molar-refractivity contribution in [3.8, 4) is 11.5 Å². The van der Waals surface area contributed by atoms with Crippen LogP contribution in [0.25, 0.3) is 0 Å². The van der Waals surface area contributed by atoms with E-state index in [4.69, 9.17) is 21.1 Å². The van der Waals surface area contributed by atoms with E-state index in [1.807, 2.05) is 12.1 Å². The van der Waals surface area contributed by atoms with Gasteiger partial charge in [0.05, 0.1) is 17.3 Å². The van der Waals surface area contributed by atoms with E-state index < -0.39 is 0 Å². The summed E-state index contributed by atoms with van der Waals surface area (Å²) in [6.45, 7) is 8.15. The van der Waals surface area contributed by atoms with Crippen molar-refractivity contribution in [1.82, 2.24) is 14.5 Å². The number of fused-ring (bicyclic) bond motifs is 2. The number of imidazole rings is 1. The number of aromatic nitrogens is 2. The normalized spacial score (nSPS) is 16.9. The molecule has 0 unspecified atom stereocenters. The fourth-order valence-corrected chi connectivity index (χ4v) is 3.45. The maximum absolute atomic E-state index is 6.26. The molecular weight excluding hydrogens is 302 g/mol. The van der Waals surface area contributed by atoms with E-state index in [1.54, 1.807) is 0 Å². The summed E-state index contributed by atoms with van der Waals surface area (Å²) in [5, 5.41) is 0.621. The fraction of sp³-hybridized carbons (Fsp3) is 0.438. The summed E-state index contributed by atoms with van der Waals surface area (Å²) < 4.78 is 13.1. The standard InChI is InChI=1S/C16H18ClN3O2/c1-10-11(2)20-4-3-19(8-15(20)18-10)7-12-5-13(17)16-14(6-12)21-9-22-16/h5-6H,3-4,7-9H2,1-2H3. The quantitative estimate of drug-likeness (QED) is 0.853. The summed E-state index contributed by atoms with van der Waals surface area (Å²) in [5.74, 6) is 2.55. The van der Waals surface area contributed by atoms with Crippen LogP contribution in [0.4, 0.5) is 0 Å². The summed E-state index contributed by atoms with van der Waals surface area (Å²) in [4.78, 5) is 7.05. The van der Waals surface area contributed by atoms with Gasteiger partial charge in [0.15, 0.2) is 11.5 Å². The van der Waals surface area contributed by atoms with Crippen molar-refractivity contribution in [3.05, 3.63) is 39.9 Å². The summed E-state index contributed by atoms with van der Waals surface area (Å²) >= 11 is 6.26. The highest BCUT2D eigenvalue weighted by molar-refractivity contribution is 6.32. The molecule has 2 aromatic rings. The van der Waals surface area contributed by atoms with Crippen molar-refractivity contribution in [3.63, 3.8) is 0 Å². The third-order valence-corrected chi connectivity index (χ3v) is 4.72. The van der Waals surface area contributed by atoms with Crippen LogP contribution in [0.5, 0.6) is 11.5 Å². The number of halogens is 1. The zero-order chi connectivity index (χ0) is 15.3. The zero-order valence-corrected chi connectivity index (χ0v) is 13.5. The molecule has 0 atom stereocenters. The second kappa shape index (κ2) is 5.18. The maximum Gasteiger partial charge on any atom is 0.231 e.